The number of amides is 1. The largest absolute Gasteiger partial charge is 0.405 e. The molecule has 1 amide bonds. The van der Waals surface area contributed by atoms with Crippen LogP contribution in [0.1, 0.15) is 48.9 Å². The summed E-state index contributed by atoms with van der Waals surface area (Å²) in [7, 11) is -3.68. The van der Waals surface area contributed by atoms with Crippen molar-refractivity contribution in [2.24, 2.45) is 0 Å². The molecule has 0 aromatic heterocycles. The van der Waals surface area contributed by atoms with E-state index in [0.717, 1.165) is 38.5 Å². The summed E-state index contributed by atoms with van der Waals surface area (Å²) in [4.78, 5) is 11.8. The number of halogens is 3. The van der Waals surface area contributed by atoms with Gasteiger partial charge in [0.1, 0.15) is 6.54 Å². The molecular formula is C17H21F3N2O3S. The van der Waals surface area contributed by atoms with Crippen molar-refractivity contribution in [1.29, 1.82) is 0 Å². The standard InChI is InChI=1S/C17H21F3N2O3S/c18-17(19,20)11-21-16(23)12-5-9-15(10-6-12)26(24,25)22(14-7-8-14)13-3-1-2-4-13/h5-6,9-10,13-14H,1-4,7-8,11H2,(H,21,23). The Labute approximate surface area is 150 Å². The van der Waals surface area contributed by atoms with Crippen LogP contribution in [0.5, 0.6) is 0 Å². The van der Waals surface area contributed by atoms with E-state index in [0.29, 0.717) is 0 Å². The normalized spacial score (nSPS) is 19.1. The number of carbonyl (C=O) groups excluding carboxylic acids is 1. The molecule has 26 heavy (non-hydrogen) atoms. The quantitative estimate of drug-likeness (QED) is 0.812. The first kappa shape index (κ1) is 19.2. The van der Waals surface area contributed by atoms with Crippen molar-refractivity contribution in [1.82, 2.24) is 9.62 Å². The van der Waals surface area contributed by atoms with Crippen LogP contribution >= 0.6 is 0 Å². The third kappa shape index (κ3) is 4.37. The van der Waals surface area contributed by atoms with Gasteiger partial charge in [0.2, 0.25) is 10.0 Å². The van der Waals surface area contributed by atoms with Gasteiger partial charge in [-0.05, 0) is 49.9 Å². The average molecular weight is 390 g/mol. The van der Waals surface area contributed by atoms with Crippen molar-refractivity contribution in [3.05, 3.63) is 29.8 Å². The van der Waals surface area contributed by atoms with Gasteiger partial charge in [0, 0.05) is 17.6 Å². The highest BCUT2D eigenvalue weighted by atomic mass is 32.2. The Morgan fingerprint density at radius 1 is 1.04 bits per heavy atom. The molecule has 2 aliphatic rings. The molecule has 0 bridgehead atoms. The maximum absolute atomic E-state index is 13.0. The number of alkyl halides is 3. The molecule has 0 unspecified atom stereocenters. The van der Waals surface area contributed by atoms with Gasteiger partial charge in [-0.2, -0.15) is 17.5 Å². The number of hydrogen-bond donors (Lipinski definition) is 1. The highest BCUT2D eigenvalue weighted by Crippen LogP contribution is 2.38. The fourth-order valence-corrected chi connectivity index (χ4v) is 5.29. The molecule has 9 heteroatoms. The highest BCUT2D eigenvalue weighted by molar-refractivity contribution is 7.89. The van der Waals surface area contributed by atoms with Gasteiger partial charge in [-0.25, -0.2) is 8.42 Å². The van der Waals surface area contributed by atoms with E-state index in [4.69, 9.17) is 0 Å². The number of nitrogens with one attached hydrogen (secondary N) is 1. The molecule has 1 aromatic carbocycles. The summed E-state index contributed by atoms with van der Waals surface area (Å²) >= 11 is 0. The van der Waals surface area contributed by atoms with Crippen LogP contribution in [0.25, 0.3) is 0 Å². The van der Waals surface area contributed by atoms with Crippen LogP contribution in [0.2, 0.25) is 0 Å². The first-order valence-electron chi connectivity index (χ1n) is 8.67. The second-order valence-corrected chi connectivity index (χ2v) is 8.67. The van der Waals surface area contributed by atoms with Gasteiger partial charge in [-0.3, -0.25) is 4.79 Å². The van der Waals surface area contributed by atoms with E-state index in [2.05, 4.69) is 0 Å². The molecule has 1 N–H and O–H groups in total. The molecule has 2 saturated carbocycles. The summed E-state index contributed by atoms with van der Waals surface area (Å²) in [5.41, 5.74) is -0.00737. The first-order chi connectivity index (χ1) is 12.2. The molecule has 0 heterocycles. The molecule has 0 aliphatic heterocycles. The summed E-state index contributed by atoms with van der Waals surface area (Å²) in [6.07, 6.45) is 0.955. The Bertz CT molecular complexity index is 752. The molecule has 0 spiro atoms. The number of carbonyl (C=O) groups is 1. The van der Waals surface area contributed by atoms with Crippen LogP contribution in [0, 0.1) is 0 Å². The minimum absolute atomic E-state index is 0.00737. The fourth-order valence-electron chi connectivity index (χ4n) is 3.36. The Hall–Kier alpha value is -1.61. The second kappa shape index (κ2) is 7.19. The summed E-state index contributed by atoms with van der Waals surface area (Å²) in [6.45, 7) is -1.43. The van der Waals surface area contributed by atoms with Gasteiger partial charge in [0.05, 0.1) is 4.90 Å². The van der Waals surface area contributed by atoms with E-state index >= 15 is 0 Å². The van der Waals surface area contributed by atoms with Crippen LogP contribution in [-0.2, 0) is 10.0 Å². The van der Waals surface area contributed by atoms with Crippen LogP contribution in [0.4, 0.5) is 13.2 Å². The molecule has 1 aromatic rings. The first-order valence-corrected chi connectivity index (χ1v) is 10.1. The van der Waals surface area contributed by atoms with E-state index in [1.807, 2.05) is 0 Å². The predicted octanol–water partition coefficient (Wildman–Crippen LogP) is 3.07. The molecule has 2 fully saturated rings. The molecule has 0 atom stereocenters. The van der Waals surface area contributed by atoms with Crippen LogP contribution in [-0.4, -0.2) is 43.4 Å². The van der Waals surface area contributed by atoms with E-state index in [1.54, 1.807) is 9.62 Å². The summed E-state index contributed by atoms with van der Waals surface area (Å²) in [5, 5.41) is 1.77. The van der Waals surface area contributed by atoms with E-state index in [-0.39, 0.29) is 22.5 Å². The van der Waals surface area contributed by atoms with E-state index < -0.39 is 28.7 Å². The Morgan fingerprint density at radius 2 is 1.58 bits per heavy atom. The predicted molar refractivity (Wildman–Crippen MR) is 89.1 cm³/mol. The minimum atomic E-state index is -4.50. The molecular weight excluding hydrogens is 369 g/mol. The summed E-state index contributed by atoms with van der Waals surface area (Å²) < 4.78 is 64.2. The van der Waals surface area contributed by atoms with Gasteiger partial charge in [-0.15, -0.1) is 0 Å². The van der Waals surface area contributed by atoms with Crippen molar-refractivity contribution >= 4 is 15.9 Å². The maximum Gasteiger partial charge on any atom is 0.405 e. The van der Waals surface area contributed by atoms with Crippen molar-refractivity contribution in [3.63, 3.8) is 0 Å². The van der Waals surface area contributed by atoms with E-state index in [9.17, 15) is 26.4 Å². The third-order valence-corrected chi connectivity index (χ3v) is 6.75. The molecule has 0 radical (unpaired) electrons. The Balaban J connectivity index is 1.75. The number of hydrogen-bond acceptors (Lipinski definition) is 3. The third-order valence-electron chi connectivity index (χ3n) is 4.73. The van der Waals surface area contributed by atoms with E-state index in [1.165, 1.54) is 24.3 Å². The van der Waals surface area contributed by atoms with Gasteiger partial charge in [0.25, 0.3) is 5.91 Å². The lowest BCUT2D eigenvalue weighted by molar-refractivity contribution is -0.123. The van der Waals surface area contributed by atoms with Gasteiger partial charge in [-0.1, -0.05) is 12.8 Å². The Morgan fingerprint density at radius 3 is 2.08 bits per heavy atom. The summed E-state index contributed by atoms with van der Waals surface area (Å²) in [5.74, 6) is -0.888. The molecule has 0 saturated heterocycles. The van der Waals surface area contributed by atoms with Crippen molar-refractivity contribution in [2.75, 3.05) is 6.54 Å². The van der Waals surface area contributed by atoms with Gasteiger partial charge in [0.15, 0.2) is 0 Å². The van der Waals surface area contributed by atoms with Gasteiger partial charge >= 0.3 is 6.18 Å². The van der Waals surface area contributed by atoms with Crippen molar-refractivity contribution < 1.29 is 26.4 Å². The lowest BCUT2D eigenvalue weighted by Crippen LogP contribution is -2.40. The SMILES string of the molecule is O=C(NCC(F)(F)F)c1ccc(S(=O)(=O)N(C2CCCC2)C2CC2)cc1. The van der Waals surface area contributed by atoms with Gasteiger partial charge < -0.3 is 5.32 Å². The number of benzene rings is 1. The topological polar surface area (TPSA) is 66.5 Å². The molecule has 5 nitrogen and oxygen atoms in total. The number of sulfonamides is 1. The van der Waals surface area contributed by atoms with Crippen molar-refractivity contribution in [2.45, 2.75) is 61.7 Å². The second-order valence-electron chi connectivity index (χ2n) is 6.83. The lowest BCUT2D eigenvalue weighted by atomic mass is 10.2. The summed E-state index contributed by atoms with van der Waals surface area (Å²) in [6, 6.07) is 5.14. The zero-order valence-corrected chi connectivity index (χ0v) is 14.9. The van der Waals surface area contributed by atoms with Crippen LogP contribution < -0.4 is 5.32 Å². The molecule has 144 valence electrons. The van der Waals surface area contributed by atoms with Crippen molar-refractivity contribution in [3.8, 4) is 0 Å². The highest BCUT2D eigenvalue weighted by Gasteiger charge is 2.43. The van der Waals surface area contributed by atoms with Crippen LogP contribution in [0.3, 0.4) is 0 Å². The zero-order valence-electron chi connectivity index (χ0n) is 14.1. The minimum Gasteiger partial charge on any atom is -0.343 e. The number of rotatable bonds is 6. The van der Waals surface area contributed by atoms with Crippen LogP contribution in [0.15, 0.2) is 29.2 Å². The number of nitrogens with zero attached hydrogens (tertiary/aromatic N) is 1. The zero-order chi connectivity index (χ0) is 18.9. The Kier molecular flexibility index (Phi) is 5.30. The molecule has 2 aliphatic carbocycles. The smallest absolute Gasteiger partial charge is 0.343 e. The molecule has 3 rings (SSSR count). The maximum atomic E-state index is 13.0. The lowest BCUT2D eigenvalue weighted by Gasteiger charge is -2.28. The average Bonchev–Trinajstić information content (AvgIpc) is 3.25. The fraction of sp³-hybridized carbons (Fsp3) is 0.588. The monoisotopic (exact) mass is 390 g/mol.